The van der Waals surface area contributed by atoms with Crippen molar-refractivity contribution in [2.45, 2.75) is 32.7 Å². The van der Waals surface area contributed by atoms with Crippen molar-refractivity contribution in [2.24, 2.45) is 0 Å². The van der Waals surface area contributed by atoms with Gasteiger partial charge in [0.2, 0.25) is 5.95 Å². The molecule has 8 heteroatoms. The van der Waals surface area contributed by atoms with Crippen LogP contribution in [-0.4, -0.2) is 48.5 Å². The van der Waals surface area contributed by atoms with E-state index in [2.05, 4.69) is 15.3 Å². The fourth-order valence-corrected chi connectivity index (χ4v) is 3.65. The predicted molar refractivity (Wildman–Crippen MR) is 78.0 cm³/mol. The Morgan fingerprint density at radius 1 is 1.43 bits per heavy atom. The number of esters is 1. The van der Waals surface area contributed by atoms with Gasteiger partial charge in [-0.3, -0.25) is 0 Å². The zero-order valence-electron chi connectivity index (χ0n) is 12.1. The summed E-state index contributed by atoms with van der Waals surface area (Å²) < 4.78 is 27.7. The molecule has 0 amide bonds. The first-order valence-corrected chi connectivity index (χ1v) is 8.71. The minimum absolute atomic E-state index is 0.0429. The van der Waals surface area contributed by atoms with Crippen molar-refractivity contribution in [1.29, 1.82) is 0 Å². The molecule has 0 atom stereocenters. The van der Waals surface area contributed by atoms with Crippen LogP contribution in [0.5, 0.6) is 0 Å². The maximum atomic E-state index is 11.6. The number of nitrogens with one attached hydrogen (secondary N) is 1. The van der Waals surface area contributed by atoms with Crippen LogP contribution in [-0.2, 0) is 14.6 Å². The Labute approximate surface area is 124 Å². The van der Waals surface area contributed by atoms with Crippen molar-refractivity contribution in [1.82, 2.24) is 9.97 Å². The molecule has 1 aliphatic heterocycles. The number of ether oxygens (including phenoxy) is 1. The first-order chi connectivity index (χ1) is 9.91. The number of aromatic nitrogens is 2. The van der Waals surface area contributed by atoms with Crippen LogP contribution in [0, 0.1) is 6.92 Å². The molecule has 2 heterocycles. The molecule has 1 aromatic heterocycles. The number of hydrogen-bond acceptors (Lipinski definition) is 7. The summed E-state index contributed by atoms with van der Waals surface area (Å²) in [6.45, 7) is 3.75. The van der Waals surface area contributed by atoms with Gasteiger partial charge in [-0.05, 0) is 26.7 Å². The van der Waals surface area contributed by atoms with E-state index < -0.39 is 15.8 Å². The number of aryl methyl sites for hydroxylation is 1. The van der Waals surface area contributed by atoms with Gasteiger partial charge in [-0.2, -0.15) is 0 Å². The zero-order valence-corrected chi connectivity index (χ0v) is 12.9. The van der Waals surface area contributed by atoms with Gasteiger partial charge in [0.05, 0.1) is 29.4 Å². The van der Waals surface area contributed by atoms with E-state index in [1.807, 2.05) is 0 Å². The van der Waals surface area contributed by atoms with E-state index in [0.717, 1.165) is 0 Å². The SMILES string of the molecule is CCOC(=O)c1cnc(NC2CCS(=O)(=O)CC2)nc1C. The Kier molecular flexibility index (Phi) is 4.76. The Balaban J connectivity index is 2.02. The minimum Gasteiger partial charge on any atom is -0.462 e. The number of anilines is 1. The highest BCUT2D eigenvalue weighted by Gasteiger charge is 2.24. The number of nitrogens with zero attached hydrogens (tertiary/aromatic N) is 2. The van der Waals surface area contributed by atoms with Crippen LogP contribution in [0.4, 0.5) is 5.95 Å². The number of sulfone groups is 1. The molecule has 21 heavy (non-hydrogen) atoms. The van der Waals surface area contributed by atoms with Crippen molar-refractivity contribution in [3.63, 3.8) is 0 Å². The van der Waals surface area contributed by atoms with Gasteiger partial charge in [0, 0.05) is 12.2 Å². The second kappa shape index (κ2) is 6.38. The topological polar surface area (TPSA) is 98.2 Å². The Morgan fingerprint density at radius 3 is 2.67 bits per heavy atom. The molecule has 1 fully saturated rings. The summed E-state index contributed by atoms with van der Waals surface area (Å²) in [6.07, 6.45) is 2.52. The Hall–Kier alpha value is -1.70. The second-order valence-electron chi connectivity index (χ2n) is 4.98. The van der Waals surface area contributed by atoms with Crippen molar-refractivity contribution in [2.75, 3.05) is 23.4 Å². The standard InChI is InChI=1S/C13H19N3O4S/c1-3-20-12(17)11-8-14-13(15-9(11)2)16-10-4-6-21(18,19)7-5-10/h8,10H,3-7H2,1-2H3,(H,14,15,16). The van der Waals surface area contributed by atoms with Crippen molar-refractivity contribution < 1.29 is 17.9 Å². The minimum atomic E-state index is -2.88. The maximum absolute atomic E-state index is 11.6. The maximum Gasteiger partial charge on any atom is 0.341 e. The van der Waals surface area contributed by atoms with Crippen LogP contribution >= 0.6 is 0 Å². The lowest BCUT2D eigenvalue weighted by atomic mass is 10.1. The molecule has 1 aromatic rings. The summed E-state index contributed by atoms with van der Waals surface area (Å²) in [4.78, 5) is 20.0. The Morgan fingerprint density at radius 2 is 2.10 bits per heavy atom. The fourth-order valence-electron chi connectivity index (χ4n) is 2.16. The van der Waals surface area contributed by atoms with E-state index in [1.54, 1.807) is 13.8 Å². The van der Waals surface area contributed by atoms with Gasteiger partial charge in [0.1, 0.15) is 9.84 Å². The average Bonchev–Trinajstić information content (AvgIpc) is 2.41. The third-order valence-electron chi connectivity index (χ3n) is 3.36. The molecule has 0 aromatic carbocycles. The first-order valence-electron chi connectivity index (χ1n) is 6.89. The van der Waals surface area contributed by atoms with Crippen LogP contribution in [0.25, 0.3) is 0 Å². The highest BCUT2D eigenvalue weighted by Crippen LogP contribution is 2.16. The van der Waals surface area contributed by atoms with E-state index in [-0.39, 0.29) is 17.5 Å². The van der Waals surface area contributed by atoms with Gasteiger partial charge < -0.3 is 10.1 Å². The van der Waals surface area contributed by atoms with E-state index in [9.17, 15) is 13.2 Å². The van der Waals surface area contributed by atoms with Crippen LogP contribution < -0.4 is 5.32 Å². The van der Waals surface area contributed by atoms with Gasteiger partial charge >= 0.3 is 5.97 Å². The first kappa shape index (κ1) is 15.7. The Bertz CT molecular complexity index is 616. The molecule has 7 nitrogen and oxygen atoms in total. The van der Waals surface area contributed by atoms with Gasteiger partial charge in [-0.15, -0.1) is 0 Å². The van der Waals surface area contributed by atoms with Gasteiger partial charge in [-0.1, -0.05) is 0 Å². The third kappa shape index (κ3) is 4.13. The predicted octanol–water partition coefficient (Wildman–Crippen LogP) is 0.951. The van der Waals surface area contributed by atoms with Crippen LogP contribution in [0.3, 0.4) is 0 Å². The lowest BCUT2D eigenvalue weighted by molar-refractivity contribution is 0.0524. The van der Waals surface area contributed by atoms with Crippen LogP contribution in [0.2, 0.25) is 0 Å². The van der Waals surface area contributed by atoms with Gasteiger partial charge in [0.25, 0.3) is 0 Å². The van der Waals surface area contributed by atoms with E-state index in [0.29, 0.717) is 36.7 Å². The molecule has 1 aliphatic rings. The zero-order chi connectivity index (χ0) is 15.5. The molecule has 0 radical (unpaired) electrons. The summed E-state index contributed by atoms with van der Waals surface area (Å²) in [5.41, 5.74) is 0.878. The van der Waals surface area contributed by atoms with E-state index >= 15 is 0 Å². The van der Waals surface area contributed by atoms with Gasteiger partial charge in [-0.25, -0.2) is 23.2 Å². The fraction of sp³-hybridized carbons (Fsp3) is 0.615. The van der Waals surface area contributed by atoms with Crippen molar-refractivity contribution in [3.05, 3.63) is 17.5 Å². The number of carbonyl (C=O) groups excluding carboxylic acids is 1. The molecule has 0 spiro atoms. The van der Waals surface area contributed by atoms with Gasteiger partial charge in [0.15, 0.2) is 0 Å². The van der Waals surface area contributed by atoms with E-state index in [1.165, 1.54) is 6.20 Å². The molecular formula is C13H19N3O4S. The molecule has 1 saturated heterocycles. The third-order valence-corrected chi connectivity index (χ3v) is 5.08. The van der Waals surface area contributed by atoms with Crippen molar-refractivity contribution in [3.8, 4) is 0 Å². The van der Waals surface area contributed by atoms with Crippen molar-refractivity contribution >= 4 is 21.8 Å². The smallest absolute Gasteiger partial charge is 0.341 e. The summed E-state index contributed by atoms with van der Waals surface area (Å²) in [7, 11) is -2.88. The molecule has 0 saturated carbocycles. The quantitative estimate of drug-likeness (QED) is 0.826. The molecule has 2 rings (SSSR count). The summed E-state index contributed by atoms with van der Waals surface area (Å²) >= 11 is 0. The largest absolute Gasteiger partial charge is 0.462 e. The lowest BCUT2D eigenvalue weighted by Crippen LogP contribution is -2.32. The highest BCUT2D eigenvalue weighted by molar-refractivity contribution is 7.91. The highest BCUT2D eigenvalue weighted by atomic mass is 32.2. The monoisotopic (exact) mass is 313 g/mol. The molecular weight excluding hydrogens is 294 g/mol. The summed E-state index contributed by atoms with van der Waals surface area (Å²) in [5, 5.41) is 3.12. The molecule has 1 N–H and O–H groups in total. The molecule has 0 aliphatic carbocycles. The average molecular weight is 313 g/mol. The second-order valence-corrected chi connectivity index (χ2v) is 7.29. The summed E-state index contributed by atoms with van der Waals surface area (Å²) in [6, 6.07) is 0.0429. The molecule has 116 valence electrons. The molecule has 0 bridgehead atoms. The number of rotatable bonds is 4. The normalized spacial score (nSPS) is 18.2. The van der Waals surface area contributed by atoms with E-state index in [4.69, 9.17) is 4.74 Å². The summed E-state index contributed by atoms with van der Waals surface area (Å²) in [5.74, 6) is 0.338. The lowest BCUT2D eigenvalue weighted by Gasteiger charge is -2.23. The number of hydrogen-bond donors (Lipinski definition) is 1. The van der Waals surface area contributed by atoms with Crippen LogP contribution in [0.1, 0.15) is 35.8 Å². The van der Waals surface area contributed by atoms with Crippen LogP contribution in [0.15, 0.2) is 6.20 Å². The number of carbonyl (C=O) groups is 1. The molecule has 0 unspecified atom stereocenters.